The Balaban J connectivity index is 2.45. The molecule has 5 heteroatoms. The minimum atomic E-state index is 0.636. The lowest BCUT2D eigenvalue weighted by atomic mass is 10.1. The van der Waals surface area contributed by atoms with E-state index in [0.717, 1.165) is 21.4 Å². The molecule has 0 aliphatic carbocycles. The third-order valence-corrected chi connectivity index (χ3v) is 2.92. The summed E-state index contributed by atoms with van der Waals surface area (Å²) in [7, 11) is 1.88. The molecule has 86 valence electrons. The number of aromatic nitrogens is 2. The number of nitriles is 1. The van der Waals surface area contributed by atoms with Gasteiger partial charge in [-0.1, -0.05) is 6.07 Å². The van der Waals surface area contributed by atoms with E-state index in [9.17, 15) is 0 Å². The van der Waals surface area contributed by atoms with E-state index in [-0.39, 0.29) is 0 Å². The molecule has 1 N–H and O–H groups in total. The molecule has 0 atom stereocenters. The van der Waals surface area contributed by atoms with Gasteiger partial charge in [-0.05, 0) is 47.3 Å². The van der Waals surface area contributed by atoms with E-state index in [1.165, 1.54) is 0 Å². The summed E-state index contributed by atoms with van der Waals surface area (Å²) in [4.78, 5) is 0. The first-order valence-electron chi connectivity index (χ1n) is 5.13. The topological polar surface area (TPSA) is 53.6 Å². The Morgan fingerprint density at radius 1 is 1.53 bits per heavy atom. The van der Waals surface area contributed by atoms with Gasteiger partial charge in [0.25, 0.3) is 0 Å². The molecular formula is C12H11IN4. The summed E-state index contributed by atoms with van der Waals surface area (Å²) in [5.41, 5.74) is 2.54. The zero-order chi connectivity index (χ0) is 12.3. The van der Waals surface area contributed by atoms with Gasteiger partial charge in [0.2, 0.25) is 0 Å². The molecule has 1 aromatic heterocycles. The number of rotatable bonds is 3. The molecule has 0 aliphatic heterocycles. The van der Waals surface area contributed by atoms with Crippen LogP contribution in [0, 0.1) is 14.9 Å². The van der Waals surface area contributed by atoms with Crippen molar-refractivity contribution in [2.45, 2.75) is 6.54 Å². The molecule has 0 aliphatic rings. The monoisotopic (exact) mass is 338 g/mol. The summed E-state index contributed by atoms with van der Waals surface area (Å²) in [6, 6.07) is 8.03. The van der Waals surface area contributed by atoms with Gasteiger partial charge in [-0.2, -0.15) is 10.4 Å². The standard InChI is InChI=1S/C12H11IN4/c1-15-6-9-2-3-12(10(4-9)5-14)17-8-11(13)7-16-17/h2-4,7-8,15H,6H2,1H3. The van der Waals surface area contributed by atoms with Crippen LogP contribution in [0.3, 0.4) is 0 Å². The molecule has 0 spiro atoms. The van der Waals surface area contributed by atoms with Crippen molar-refractivity contribution in [1.29, 1.82) is 5.26 Å². The van der Waals surface area contributed by atoms with Gasteiger partial charge in [0.15, 0.2) is 0 Å². The maximum Gasteiger partial charge on any atom is 0.101 e. The lowest BCUT2D eigenvalue weighted by Gasteiger charge is -2.06. The summed E-state index contributed by atoms with van der Waals surface area (Å²) < 4.78 is 2.77. The molecule has 2 rings (SSSR count). The van der Waals surface area contributed by atoms with Crippen LogP contribution >= 0.6 is 22.6 Å². The predicted molar refractivity (Wildman–Crippen MR) is 73.8 cm³/mol. The van der Waals surface area contributed by atoms with Gasteiger partial charge in [-0.25, -0.2) is 4.68 Å². The number of nitrogens with one attached hydrogen (secondary N) is 1. The minimum absolute atomic E-state index is 0.636. The normalized spacial score (nSPS) is 10.2. The van der Waals surface area contributed by atoms with Crippen LogP contribution < -0.4 is 5.32 Å². The highest BCUT2D eigenvalue weighted by Gasteiger charge is 2.06. The molecule has 0 fully saturated rings. The Labute approximate surface area is 113 Å². The van der Waals surface area contributed by atoms with E-state index in [0.29, 0.717) is 5.56 Å². The van der Waals surface area contributed by atoms with Crippen LogP contribution in [0.1, 0.15) is 11.1 Å². The van der Waals surface area contributed by atoms with Gasteiger partial charge in [-0.15, -0.1) is 0 Å². The zero-order valence-electron chi connectivity index (χ0n) is 9.31. The second-order valence-electron chi connectivity index (χ2n) is 3.60. The van der Waals surface area contributed by atoms with Gasteiger partial charge in [0.05, 0.1) is 21.0 Å². The second-order valence-corrected chi connectivity index (χ2v) is 4.84. The van der Waals surface area contributed by atoms with Gasteiger partial charge in [-0.3, -0.25) is 0 Å². The zero-order valence-corrected chi connectivity index (χ0v) is 11.5. The van der Waals surface area contributed by atoms with Crippen molar-refractivity contribution in [2.75, 3.05) is 7.05 Å². The van der Waals surface area contributed by atoms with Gasteiger partial charge in [0.1, 0.15) is 6.07 Å². The molecule has 1 aromatic carbocycles. The molecule has 0 amide bonds. The first kappa shape index (κ1) is 12.1. The van der Waals surface area contributed by atoms with Gasteiger partial charge in [0, 0.05) is 12.7 Å². The predicted octanol–water partition coefficient (Wildman–Crippen LogP) is 2.07. The highest BCUT2D eigenvalue weighted by molar-refractivity contribution is 14.1. The molecule has 2 aromatic rings. The Hall–Kier alpha value is -1.39. The first-order chi connectivity index (χ1) is 8.24. The van der Waals surface area contributed by atoms with Crippen LogP contribution in [0.4, 0.5) is 0 Å². The van der Waals surface area contributed by atoms with Crippen LogP contribution in [0.5, 0.6) is 0 Å². The average Bonchev–Trinajstić information content (AvgIpc) is 2.76. The number of hydrogen-bond acceptors (Lipinski definition) is 3. The average molecular weight is 338 g/mol. The van der Waals surface area contributed by atoms with Crippen molar-refractivity contribution in [3.63, 3.8) is 0 Å². The molecule has 0 saturated heterocycles. The quantitative estimate of drug-likeness (QED) is 0.872. The number of benzene rings is 1. The van der Waals surface area contributed by atoms with Crippen LogP contribution in [-0.4, -0.2) is 16.8 Å². The molecular weight excluding hydrogens is 327 g/mol. The van der Waals surface area contributed by atoms with Gasteiger partial charge < -0.3 is 5.32 Å². The molecule has 0 bridgehead atoms. The molecule has 0 saturated carbocycles. The van der Waals surface area contributed by atoms with E-state index in [4.69, 9.17) is 5.26 Å². The summed E-state index contributed by atoms with van der Waals surface area (Å²) in [6.45, 7) is 0.756. The molecule has 1 heterocycles. The molecule has 17 heavy (non-hydrogen) atoms. The third kappa shape index (κ3) is 2.65. The number of nitrogens with zero attached hydrogens (tertiary/aromatic N) is 3. The van der Waals surface area contributed by atoms with Crippen molar-refractivity contribution in [3.05, 3.63) is 45.3 Å². The van der Waals surface area contributed by atoms with Crippen LogP contribution in [0.15, 0.2) is 30.6 Å². The van der Waals surface area contributed by atoms with Crippen LogP contribution in [0.25, 0.3) is 5.69 Å². The highest BCUT2D eigenvalue weighted by atomic mass is 127. The summed E-state index contributed by atoms with van der Waals surface area (Å²) in [5, 5.41) is 16.4. The highest BCUT2D eigenvalue weighted by Crippen LogP contribution is 2.16. The Morgan fingerprint density at radius 3 is 2.94 bits per heavy atom. The van der Waals surface area contributed by atoms with Crippen LogP contribution in [0.2, 0.25) is 0 Å². The van der Waals surface area contributed by atoms with E-state index < -0.39 is 0 Å². The lowest BCUT2D eigenvalue weighted by molar-refractivity contribution is 0.814. The smallest absolute Gasteiger partial charge is 0.101 e. The lowest BCUT2D eigenvalue weighted by Crippen LogP contribution is -2.06. The largest absolute Gasteiger partial charge is 0.316 e. The third-order valence-electron chi connectivity index (χ3n) is 2.36. The maximum absolute atomic E-state index is 9.17. The van der Waals surface area contributed by atoms with Crippen molar-refractivity contribution in [1.82, 2.24) is 15.1 Å². The van der Waals surface area contributed by atoms with Crippen LogP contribution in [-0.2, 0) is 6.54 Å². The fraction of sp³-hybridized carbons (Fsp3) is 0.167. The maximum atomic E-state index is 9.17. The minimum Gasteiger partial charge on any atom is -0.316 e. The van der Waals surface area contributed by atoms with E-state index in [2.05, 4.69) is 39.1 Å². The van der Waals surface area contributed by atoms with Crippen molar-refractivity contribution >= 4 is 22.6 Å². The molecule has 0 radical (unpaired) electrons. The fourth-order valence-electron chi connectivity index (χ4n) is 1.62. The molecule has 4 nitrogen and oxygen atoms in total. The Bertz CT molecular complexity index is 568. The van der Waals surface area contributed by atoms with E-state index in [1.54, 1.807) is 10.9 Å². The summed E-state index contributed by atoms with van der Waals surface area (Å²) in [6.07, 6.45) is 3.66. The number of hydrogen-bond donors (Lipinski definition) is 1. The second kappa shape index (κ2) is 5.29. The fourth-order valence-corrected chi connectivity index (χ4v) is 2.01. The van der Waals surface area contributed by atoms with Crippen molar-refractivity contribution in [3.8, 4) is 11.8 Å². The Morgan fingerprint density at radius 2 is 2.35 bits per heavy atom. The SMILES string of the molecule is CNCc1ccc(-n2cc(I)cn2)c(C#N)c1. The number of halogens is 1. The first-order valence-corrected chi connectivity index (χ1v) is 6.20. The Kier molecular flexibility index (Phi) is 3.76. The van der Waals surface area contributed by atoms with Crippen molar-refractivity contribution < 1.29 is 0 Å². The summed E-state index contributed by atoms with van der Waals surface area (Å²) in [5.74, 6) is 0. The molecule has 0 unspecified atom stereocenters. The summed E-state index contributed by atoms with van der Waals surface area (Å²) >= 11 is 2.20. The van der Waals surface area contributed by atoms with Gasteiger partial charge >= 0.3 is 0 Å². The van der Waals surface area contributed by atoms with E-state index >= 15 is 0 Å². The van der Waals surface area contributed by atoms with E-state index in [1.807, 2.05) is 31.4 Å². The van der Waals surface area contributed by atoms with Crippen molar-refractivity contribution in [2.24, 2.45) is 0 Å².